The van der Waals surface area contributed by atoms with Crippen LogP contribution in [0, 0.1) is 0 Å². The first-order valence-electron chi connectivity index (χ1n) is 6.62. The van der Waals surface area contributed by atoms with Crippen LogP contribution in [0.15, 0.2) is 18.7 Å². The molecule has 0 amide bonds. The van der Waals surface area contributed by atoms with Crippen molar-refractivity contribution in [3.63, 3.8) is 0 Å². The van der Waals surface area contributed by atoms with Gasteiger partial charge >= 0.3 is 0 Å². The van der Waals surface area contributed by atoms with Crippen LogP contribution in [0.1, 0.15) is 51.5 Å². The van der Waals surface area contributed by atoms with Crippen molar-refractivity contribution >= 4 is 0 Å². The second-order valence-corrected chi connectivity index (χ2v) is 4.73. The molecule has 2 atom stereocenters. The monoisotopic (exact) mass is 221 g/mol. The molecular formula is C13H23N3. The van der Waals surface area contributed by atoms with Crippen LogP contribution in [0.3, 0.4) is 0 Å². The van der Waals surface area contributed by atoms with Crippen molar-refractivity contribution in [1.29, 1.82) is 0 Å². The maximum Gasteiger partial charge on any atom is 0.0949 e. The van der Waals surface area contributed by atoms with E-state index in [1.807, 2.05) is 12.5 Å². The molecule has 1 aliphatic carbocycles. The number of likely N-dealkylation sites (N-methyl/N-ethyl adjacent to an activating group) is 1. The van der Waals surface area contributed by atoms with Gasteiger partial charge in [-0.05, 0) is 19.4 Å². The van der Waals surface area contributed by atoms with Gasteiger partial charge in [0.05, 0.1) is 6.33 Å². The summed E-state index contributed by atoms with van der Waals surface area (Å²) in [5.41, 5.74) is 0. The molecule has 1 heterocycles. The number of nitrogens with zero attached hydrogens (tertiary/aromatic N) is 2. The molecule has 0 radical (unpaired) electrons. The molecule has 1 aliphatic rings. The Labute approximate surface area is 98.3 Å². The van der Waals surface area contributed by atoms with Gasteiger partial charge in [-0.1, -0.05) is 32.6 Å². The zero-order valence-electron chi connectivity index (χ0n) is 10.2. The Hall–Kier alpha value is -0.830. The maximum absolute atomic E-state index is 4.18. The molecule has 1 N–H and O–H groups in total. The molecule has 1 aromatic heterocycles. The summed E-state index contributed by atoms with van der Waals surface area (Å²) in [4.78, 5) is 4.18. The number of imidazole rings is 1. The zero-order chi connectivity index (χ0) is 11.2. The molecule has 0 bridgehead atoms. The van der Waals surface area contributed by atoms with E-state index in [1.54, 1.807) is 0 Å². The van der Waals surface area contributed by atoms with Crippen molar-refractivity contribution < 1.29 is 0 Å². The van der Waals surface area contributed by atoms with E-state index in [4.69, 9.17) is 0 Å². The Morgan fingerprint density at radius 1 is 1.25 bits per heavy atom. The van der Waals surface area contributed by atoms with E-state index in [0.29, 0.717) is 12.1 Å². The first-order valence-corrected chi connectivity index (χ1v) is 6.62. The lowest BCUT2D eigenvalue weighted by atomic mass is 9.92. The van der Waals surface area contributed by atoms with Crippen LogP contribution in [0.5, 0.6) is 0 Å². The molecule has 3 heteroatoms. The second-order valence-electron chi connectivity index (χ2n) is 4.73. The first-order chi connectivity index (χ1) is 7.92. The van der Waals surface area contributed by atoms with Crippen molar-refractivity contribution in [2.24, 2.45) is 0 Å². The van der Waals surface area contributed by atoms with Crippen LogP contribution in [0.4, 0.5) is 0 Å². The Morgan fingerprint density at radius 2 is 2.06 bits per heavy atom. The third-order valence-electron chi connectivity index (χ3n) is 3.60. The minimum atomic E-state index is 0.600. The molecule has 3 nitrogen and oxygen atoms in total. The fraction of sp³-hybridized carbons (Fsp3) is 0.769. The van der Waals surface area contributed by atoms with Gasteiger partial charge in [-0.15, -0.1) is 0 Å². The highest BCUT2D eigenvalue weighted by Gasteiger charge is 2.22. The molecule has 1 saturated carbocycles. The second kappa shape index (κ2) is 6.04. The van der Waals surface area contributed by atoms with E-state index in [2.05, 4.69) is 28.0 Å². The molecule has 16 heavy (non-hydrogen) atoms. The van der Waals surface area contributed by atoms with Gasteiger partial charge in [-0.3, -0.25) is 0 Å². The van der Waals surface area contributed by atoms with Gasteiger partial charge < -0.3 is 9.88 Å². The quantitative estimate of drug-likeness (QED) is 0.850. The fourth-order valence-corrected chi connectivity index (χ4v) is 2.79. The van der Waals surface area contributed by atoms with Gasteiger partial charge in [0.2, 0.25) is 0 Å². The van der Waals surface area contributed by atoms with Gasteiger partial charge in [-0.2, -0.15) is 0 Å². The van der Waals surface area contributed by atoms with Crippen LogP contribution < -0.4 is 5.32 Å². The summed E-state index contributed by atoms with van der Waals surface area (Å²) in [5.74, 6) is 0. The Balaban J connectivity index is 2.08. The smallest absolute Gasteiger partial charge is 0.0949 e. The summed E-state index contributed by atoms with van der Waals surface area (Å²) in [5, 5.41) is 3.64. The molecule has 1 fully saturated rings. The summed E-state index contributed by atoms with van der Waals surface area (Å²) in [6, 6.07) is 1.22. The Morgan fingerprint density at radius 3 is 2.75 bits per heavy atom. The summed E-state index contributed by atoms with van der Waals surface area (Å²) < 4.78 is 2.29. The highest BCUT2D eigenvalue weighted by atomic mass is 15.1. The summed E-state index contributed by atoms with van der Waals surface area (Å²) in [7, 11) is 0. The molecule has 90 valence electrons. The highest BCUT2D eigenvalue weighted by Crippen LogP contribution is 2.26. The van der Waals surface area contributed by atoms with Crippen LogP contribution in [-0.4, -0.2) is 22.1 Å². The zero-order valence-corrected chi connectivity index (χ0v) is 10.2. The molecule has 2 rings (SSSR count). The summed E-state index contributed by atoms with van der Waals surface area (Å²) in [6.07, 6.45) is 14.1. The van der Waals surface area contributed by atoms with Crippen LogP contribution in [0.2, 0.25) is 0 Å². The number of hydrogen-bond donors (Lipinski definition) is 1. The first kappa shape index (κ1) is 11.6. The van der Waals surface area contributed by atoms with E-state index < -0.39 is 0 Å². The van der Waals surface area contributed by atoms with Gasteiger partial charge in [-0.25, -0.2) is 4.98 Å². The van der Waals surface area contributed by atoms with Crippen molar-refractivity contribution in [2.45, 2.75) is 57.5 Å². The van der Waals surface area contributed by atoms with Gasteiger partial charge in [0.15, 0.2) is 0 Å². The Kier molecular flexibility index (Phi) is 4.40. The fourth-order valence-electron chi connectivity index (χ4n) is 2.79. The standard InChI is InChI=1S/C13H23N3/c1-2-15-12-7-5-3-4-6-8-13(12)16-10-9-14-11-16/h9-13,15H,2-8H2,1H3. The van der Waals surface area contributed by atoms with Crippen molar-refractivity contribution in [3.8, 4) is 0 Å². The highest BCUT2D eigenvalue weighted by molar-refractivity contribution is 4.88. The van der Waals surface area contributed by atoms with Crippen LogP contribution in [-0.2, 0) is 0 Å². The number of rotatable bonds is 3. The van der Waals surface area contributed by atoms with E-state index in [9.17, 15) is 0 Å². The molecule has 1 aromatic rings. The maximum atomic E-state index is 4.18. The molecular weight excluding hydrogens is 198 g/mol. The molecule has 0 aliphatic heterocycles. The van der Waals surface area contributed by atoms with E-state index in [0.717, 1.165) is 6.54 Å². The van der Waals surface area contributed by atoms with E-state index >= 15 is 0 Å². The van der Waals surface area contributed by atoms with Crippen molar-refractivity contribution in [2.75, 3.05) is 6.54 Å². The lowest BCUT2D eigenvalue weighted by Gasteiger charge is -2.30. The largest absolute Gasteiger partial charge is 0.333 e. The number of hydrogen-bond acceptors (Lipinski definition) is 2. The molecule has 0 spiro atoms. The lowest BCUT2D eigenvalue weighted by Crippen LogP contribution is -2.37. The number of aromatic nitrogens is 2. The average Bonchev–Trinajstić information content (AvgIpc) is 2.76. The third-order valence-corrected chi connectivity index (χ3v) is 3.60. The summed E-state index contributed by atoms with van der Waals surface area (Å²) in [6.45, 7) is 3.26. The molecule has 0 aromatic carbocycles. The van der Waals surface area contributed by atoms with Crippen molar-refractivity contribution in [1.82, 2.24) is 14.9 Å². The predicted molar refractivity (Wildman–Crippen MR) is 66.4 cm³/mol. The third kappa shape index (κ3) is 2.85. The lowest BCUT2D eigenvalue weighted by molar-refractivity contribution is 0.286. The SMILES string of the molecule is CCNC1CCCCCCC1n1ccnc1. The van der Waals surface area contributed by atoms with Gasteiger partial charge in [0.1, 0.15) is 0 Å². The van der Waals surface area contributed by atoms with Crippen LogP contribution >= 0.6 is 0 Å². The van der Waals surface area contributed by atoms with Gasteiger partial charge in [0.25, 0.3) is 0 Å². The predicted octanol–water partition coefficient (Wildman–Crippen LogP) is 2.76. The van der Waals surface area contributed by atoms with Crippen molar-refractivity contribution in [3.05, 3.63) is 18.7 Å². The van der Waals surface area contributed by atoms with E-state index in [1.165, 1.54) is 38.5 Å². The minimum absolute atomic E-state index is 0.600. The summed E-state index contributed by atoms with van der Waals surface area (Å²) >= 11 is 0. The average molecular weight is 221 g/mol. The minimum Gasteiger partial charge on any atom is -0.333 e. The molecule has 2 unspecified atom stereocenters. The van der Waals surface area contributed by atoms with E-state index in [-0.39, 0.29) is 0 Å². The normalized spacial score (nSPS) is 27.3. The van der Waals surface area contributed by atoms with Crippen LogP contribution in [0.25, 0.3) is 0 Å². The Bertz CT molecular complexity index is 281. The van der Waals surface area contributed by atoms with Gasteiger partial charge in [0, 0.05) is 24.5 Å². The molecule has 0 saturated heterocycles. The number of nitrogens with one attached hydrogen (secondary N) is 1. The topological polar surface area (TPSA) is 29.9 Å².